The van der Waals surface area contributed by atoms with Crippen molar-refractivity contribution in [3.63, 3.8) is 0 Å². The Morgan fingerprint density at radius 3 is 2.50 bits per heavy atom. The summed E-state index contributed by atoms with van der Waals surface area (Å²) < 4.78 is 0. The third kappa shape index (κ3) is 8.69. The molecular weight excluding hydrogens is 290 g/mol. The second kappa shape index (κ2) is 10.4. The van der Waals surface area contributed by atoms with Gasteiger partial charge in [-0.25, -0.2) is 4.89 Å². The summed E-state index contributed by atoms with van der Waals surface area (Å²) in [5.41, 5.74) is 5.51. The van der Waals surface area contributed by atoms with Crippen LogP contribution in [0, 0.1) is 0 Å². The van der Waals surface area contributed by atoms with E-state index in [1.54, 1.807) is 0 Å². The normalized spacial score (nSPS) is 13.3. The summed E-state index contributed by atoms with van der Waals surface area (Å²) in [5, 5.41) is 21.2. The molecule has 0 saturated heterocycles. The van der Waals surface area contributed by atoms with E-state index in [2.05, 4.69) is 28.1 Å². The highest BCUT2D eigenvalue weighted by atomic mass is 32.1. The van der Waals surface area contributed by atoms with Crippen molar-refractivity contribution in [2.45, 2.75) is 24.9 Å². The third-order valence-electron chi connectivity index (χ3n) is 2.28. The molecule has 10 heteroatoms. The summed E-state index contributed by atoms with van der Waals surface area (Å²) in [4.78, 5) is 37.3. The van der Waals surface area contributed by atoms with Crippen LogP contribution in [-0.4, -0.2) is 59.1 Å². The van der Waals surface area contributed by atoms with E-state index in [-0.39, 0.29) is 25.2 Å². The fourth-order valence-electron chi connectivity index (χ4n) is 1.24. The van der Waals surface area contributed by atoms with Crippen LogP contribution in [0.3, 0.4) is 0 Å². The number of rotatable bonds is 10. The molecule has 9 nitrogen and oxygen atoms in total. The molecule has 2 unspecified atom stereocenters. The van der Waals surface area contributed by atoms with Gasteiger partial charge in [0.05, 0.1) is 6.61 Å². The summed E-state index contributed by atoms with van der Waals surface area (Å²) in [6.07, 6.45) is 0.309. The number of hydrogen-bond acceptors (Lipinski definition) is 7. The van der Waals surface area contributed by atoms with E-state index >= 15 is 0 Å². The summed E-state index contributed by atoms with van der Waals surface area (Å²) in [6.45, 7) is -0.625. The SMILES string of the molecule is NC(CCC(=O)NC(CS)C(=O)NCC(=O)O)COO. The summed E-state index contributed by atoms with van der Waals surface area (Å²) in [6, 6.07) is -1.42. The number of hydrogen-bond donors (Lipinski definition) is 6. The lowest BCUT2D eigenvalue weighted by Crippen LogP contribution is -2.49. The monoisotopic (exact) mass is 309 g/mol. The van der Waals surface area contributed by atoms with E-state index < -0.39 is 36.4 Å². The highest BCUT2D eigenvalue weighted by Gasteiger charge is 2.19. The number of carbonyl (C=O) groups is 3. The lowest BCUT2D eigenvalue weighted by molar-refractivity contribution is -0.245. The standard InChI is InChI=1S/C10H19N3O6S/c11-6(4-19-18)1-2-8(14)13-7(5-20)10(17)12-3-9(15)16/h6-7,18,20H,1-5,11H2,(H,12,17)(H,13,14)(H,15,16). The number of nitrogens with one attached hydrogen (secondary N) is 2. The summed E-state index contributed by atoms with van der Waals surface area (Å²) in [5.74, 6) is -2.21. The molecule has 6 N–H and O–H groups in total. The Kier molecular flexibility index (Phi) is 9.72. The van der Waals surface area contributed by atoms with Gasteiger partial charge in [0.15, 0.2) is 0 Å². The van der Waals surface area contributed by atoms with E-state index in [1.165, 1.54) is 0 Å². The molecule has 0 heterocycles. The molecule has 0 aliphatic rings. The quantitative estimate of drug-likeness (QED) is 0.158. The molecule has 2 atom stereocenters. The minimum absolute atomic E-state index is 0.0308. The maximum Gasteiger partial charge on any atom is 0.322 e. The minimum atomic E-state index is -1.18. The zero-order valence-corrected chi connectivity index (χ0v) is 11.6. The number of aliphatic carboxylic acids is 1. The van der Waals surface area contributed by atoms with Crippen molar-refractivity contribution in [2.75, 3.05) is 18.9 Å². The van der Waals surface area contributed by atoms with Crippen LogP contribution in [0.5, 0.6) is 0 Å². The number of thiol groups is 1. The molecule has 0 aromatic carbocycles. The van der Waals surface area contributed by atoms with E-state index in [0.717, 1.165) is 0 Å². The largest absolute Gasteiger partial charge is 0.480 e. The van der Waals surface area contributed by atoms with E-state index in [9.17, 15) is 14.4 Å². The fourth-order valence-corrected chi connectivity index (χ4v) is 1.50. The second-order valence-electron chi connectivity index (χ2n) is 4.01. The van der Waals surface area contributed by atoms with Crippen molar-refractivity contribution in [1.29, 1.82) is 0 Å². The van der Waals surface area contributed by atoms with E-state index in [0.29, 0.717) is 0 Å². The number of carboxylic acid groups (broad SMARTS) is 1. The highest BCUT2D eigenvalue weighted by molar-refractivity contribution is 7.80. The molecule has 0 rings (SSSR count). The summed E-state index contributed by atoms with van der Waals surface area (Å²) >= 11 is 3.92. The Hall–Kier alpha value is -1.36. The zero-order chi connectivity index (χ0) is 15.5. The molecule has 0 aliphatic heterocycles. The first kappa shape index (κ1) is 18.6. The molecule has 0 radical (unpaired) electrons. The average Bonchev–Trinajstić information content (AvgIpc) is 2.40. The smallest absolute Gasteiger partial charge is 0.322 e. The zero-order valence-electron chi connectivity index (χ0n) is 10.7. The van der Waals surface area contributed by atoms with Gasteiger partial charge in [0.2, 0.25) is 11.8 Å². The molecule has 20 heavy (non-hydrogen) atoms. The highest BCUT2D eigenvalue weighted by Crippen LogP contribution is 1.97. The molecule has 0 aromatic heterocycles. The van der Waals surface area contributed by atoms with Crippen molar-refractivity contribution in [2.24, 2.45) is 5.73 Å². The van der Waals surface area contributed by atoms with Gasteiger partial charge in [-0.3, -0.25) is 19.6 Å². The number of carbonyl (C=O) groups excluding carboxylic acids is 2. The van der Waals surface area contributed by atoms with E-state index in [4.69, 9.17) is 16.1 Å². The van der Waals surface area contributed by atoms with Gasteiger partial charge in [-0.1, -0.05) is 0 Å². The van der Waals surface area contributed by atoms with Gasteiger partial charge in [-0.15, -0.1) is 0 Å². The molecule has 116 valence electrons. The van der Waals surface area contributed by atoms with Crippen LogP contribution in [0.2, 0.25) is 0 Å². The van der Waals surface area contributed by atoms with Gasteiger partial charge < -0.3 is 21.5 Å². The number of amides is 2. The lowest BCUT2D eigenvalue weighted by atomic mass is 10.1. The van der Waals surface area contributed by atoms with Crippen LogP contribution in [0.25, 0.3) is 0 Å². The van der Waals surface area contributed by atoms with Crippen molar-refractivity contribution in [3.8, 4) is 0 Å². The van der Waals surface area contributed by atoms with Gasteiger partial charge in [-0.2, -0.15) is 12.6 Å². The first-order valence-corrected chi connectivity index (χ1v) is 6.45. The maximum absolute atomic E-state index is 11.6. The Morgan fingerprint density at radius 1 is 1.35 bits per heavy atom. The van der Waals surface area contributed by atoms with Crippen LogP contribution in [0.1, 0.15) is 12.8 Å². The Morgan fingerprint density at radius 2 is 2.00 bits per heavy atom. The Balaban J connectivity index is 4.11. The molecule has 0 spiro atoms. The van der Waals surface area contributed by atoms with Crippen molar-refractivity contribution < 1.29 is 29.6 Å². The van der Waals surface area contributed by atoms with Crippen LogP contribution in [-0.2, 0) is 19.3 Å². The topological polar surface area (TPSA) is 151 Å². The second-order valence-corrected chi connectivity index (χ2v) is 4.37. The molecule has 0 bridgehead atoms. The van der Waals surface area contributed by atoms with Gasteiger partial charge in [0, 0.05) is 18.2 Å². The predicted molar refractivity (Wildman–Crippen MR) is 72.2 cm³/mol. The fraction of sp³-hybridized carbons (Fsp3) is 0.700. The molecular formula is C10H19N3O6S. The molecule has 0 saturated carbocycles. The Labute approximate surface area is 121 Å². The average molecular weight is 309 g/mol. The van der Waals surface area contributed by atoms with Crippen molar-refractivity contribution in [3.05, 3.63) is 0 Å². The third-order valence-corrected chi connectivity index (χ3v) is 2.64. The number of carboxylic acids is 1. The van der Waals surface area contributed by atoms with Gasteiger partial charge in [-0.05, 0) is 6.42 Å². The van der Waals surface area contributed by atoms with E-state index in [1.807, 2.05) is 0 Å². The molecule has 0 fully saturated rings. The predicted octanol–water partition coefficient (Wildman–Crippen LogP) is -1.80. The van der Waals surface area contributed by atoms with Gasteiger partial charge in [0.25, 0.3) is 0 Å². The Bertz CT molecular complexity index is 341. The summed E-state index contributed by atoms with van der Waals surface area (Å²) in [7, 11) is 0. The van der Waals surface area contributed by atoms with Crippen LogP contribution in [0.4, 0.5) is 0 Å². The van der Waals surface area contributed by atoms with Crippen LogP contribution >= 0.6 is 12.6 Å². The van der Waals surface area contributed by atoms with Crippen molar-refractivity contribution >= 4 is 30.4 Å². The molecule has 2 amide bonds. The van der Waals surface area contributed by atoms with Crippen LogP contribution in [0.15, 0.2) is 0 Å². The minimum Gasteiger partial charge on any atom is -0.480 e. The molecule has 0 aliphatic carbocycles. The first-order valence-electron chi connectivity index (χ1n) is 5.82. The van der Waals surface area contributed by atoms with Gasteiger partial charge in [0.1, 0.15) is 12.6 Å². The molecule has 0 aromatic rings. The van der Waals surface area contributed by atoms with Crippen LogP contribution < -0.4 is 16.4 Å². The number of nitrogens with two attached hydrogens (primary N) is 1. The van der Waals surface area contributed by atoms with Crippen molar-refractivity contribution in [1.82, 2.24) is 10.6 Å². The van der Waals surface area contributed by atoms with Gasteiger partial charge >= 0.3 is 5.97 Å². The first-order chi connectivity index (χ1) is 9.40. The maximum atomic E-state index is 11.6. The lowest BCUT2D eigenvalue weighted by Gasteiger charge is -2.16.